The summed E-state index contributed by atoms with van der Waals surface area (Å²) in [4.78, 5) is 58.0. The lowest BCUT2D eigenvalue weighted by atomic mass is 10.2. The molecule has 2 N–H and O–H groups in total. The molecular weight excluding hydrogens is 424 g/mol. The number of nitrogens with one attached hydrogen (secondary N) is 2. The first kappa shape index (κ1) is 22.3. The summed E-state index contributed by atoms with van der Waals surface area (Å²) in [6.45, 7) is 5.93. The summed E-state index contributed by atoms with van der Waals surface area (Å²) < 4.78 is 7.40. The van der Waals surface area contributed by atoms with Crippen molar-refractivity contribution in [2.45, 2.75) is 32.3 Å². The van der Waals surface area contributed by atoms with Gasteiger partial charge in [0.2, 0.25) is 5.91 Å². The Morgan fingerprint density at radius 3 is 2.61 bits per heavy atom. The Balaban J connectivity index is 1.86. The maximum Gasteiger partial charge on any atom is 0.332 e. The van der Waals surface area contributed by atoms with Crippen molar-refractivity contribution in [3.05, 3.63) is 50.8 Å². The van der Waals surface area contributed by atoms with E-state index in [0.717, 1.165) is 16.3 Å². The van der Waals surface area contributed by atoms with Crippen LogP contribution in [0, 0.1) is 12.8 Å². The fraction of sp³-hybridized carbons (Fsp3) is 0.368. The Hall–Kier alpha value is -3.41. The van der Waals surface area contributed by atoms with Crippen molar-refractivity contribution in [1.29, 1.82) is 0 Å². The quantitative estimate of drug-likeness (QED) is 0.319. The average molecular weight is 446 g/mol. The number of amides is 2. The van der Waals surface area contributed by atoms with Gasteiger partial charge in [0, 0.05) is 13.6 Å². The van der Waals surface area contributed by atoms with Crippen LogP contribution in [0.3, 0.4) is 0 Å². The maximum atomic E-state index is 12.8. The molecule has 3 heterocycles. The van der Waals surface area contributed by atoms with E-state index >= 15 is 0 Å². The number of rotatable bonds is 6. The summed E-state index contributed by atoms with van der Waals surface area (Å²) in [6.07, 6.45) is 1.34. The topological polar surface area (TPSA) is 141 Å². The van der Waals surface area contributed by atoms with Gasteiger partial charge < -0.3 is 4.42 Å². The van der Waals surface area contributed by atoms with Crippen molar-refractivity contribution >= 4 is 34.6 Å². The molecule has 3 aromatic rings. The van der Waals surface area contributed by atoms with E-state index in [4.69, 9.17) is 4.42 Å². The summed E-state index contributed by atoms with van der Waals surface area (Å²) >= 11 is 1.01. The van der Waals surface area contributed by atoms with Crippen LogP contribution in [0.25, 0.3) is 11.0 Å². The van der Waals surface area contributed by atoms with Gasteiger partial charge in [-0.05, 0) is 25.0 Å². The molecular formula is C19H22N6O5S. The fourth-order valence-corrected chi connectivity index (χ4v) is 3.70. The molecule has 0 aliphatic heterocycles. The summed E-state index contributed by atoms with van der Waals surface area (Å²) in [6, 6.07) is 3.01. The Morgan fingerprint density at radius 2 is 1.97 bits per heavy atom. The summed E-state index contributed by atoms with van der Waals surface area (Å²) in [5.41, 5.74) is 3.76. The Labute approximate surface area is 180 Å². The maximum absolute atomic E-state index is 12.8. The summed E-state index contributed by atoms with van der Waals surface area (Å²) in [7, 11) is 1.39. The Bertz CT molecular complexity index is 1250. The number of furan rings is 1. The van der Waals surface area contributed by atoms with E-state index < -0.39 is 23.1 Å². The van der Waals surface area contributed by atoms with Crippen molar-refractivity contribution in [3.63, 3.8) is 0 Å². The van der Waals surface area contributed by atoms with Crippen molar-refractivity contribution in [3.8, 4) is 0 Å². The van der Waals surface area contributed by atoms with Gasteiger partial charge in [-0.2, -0.15) is 0 Å². The van der Waals surface area contributed by atoms with Crippen LogP contribution in [-0.4, -0.2) is 36.7 Å². The second-order valence-electron chi connectivity index (χ2n) is 7.19. The Morgan fingerprint density at radius 1 is 1.23 bits per heavy atom. The predicted molar refractivity (Wildman–Crippen MR) is 114 cm³/mol. The first-order valence-electron chi connectivity index (χ1n) is 9.42. The van der Waals surface area contributed by atoms with Crippen LogP contribution in [0.1, 0.15) is 30.2 Å². The second kappa shape index (κ2) is 9.16. The van der Waals surface area contributed by atoms with E-state index in [1.54, 1.807) is 13.0 Å². The van der Waals surface area contributed by atoms with E-state index in [1.165, 1.54) is 23.9 Å². The molecule has 0 saturated heterocycles. The molecule has 0 atom stereocenters. The summed E-state index contributed by atoms with van der Waals surface area (Å²) in [5.74, 6) is -0.673. The number of thioether (sulfide) groups is 1. The zero-order chi connectivity index (χ0) is 22.7. The number of nitrogens with zero attached hydrogens (tertiary/aromatic N) is 4. The molecule has 0 radical (unpaired) electrons. The van der Waals surface area contributed by atoms with Crippen LogP contribution < -0.4 is 22.1 Å². The van der Waals surface area contributed by atoms with Crippen LogP contribution in [0.5, 0.6) is 0 Å². The normalized spacial score (nSPS) is 11.1. The number of hydrogen-bond acceptors (Lipinski definition) is 8. The van der Waals surface area contributed by atoms with E-state index in [0.29, 0.717) is 12.4 Å². The van der Waals surface area contributed by atoms with Crippen LogP contribution in [0.4, 0.5) is 0 Å². The van der Waals surface area contributed by atoms with Gasteiger partial charge in [0.25, 0.3) is 5.56 Å². The van der Waals surface area contributed by atoms with Gasteiger partial charge in [-0.25, -0.2) is 14.8 Å². The van der Waals surface area contributed by atoms with Crippen molar-refractivity contribution in [2.75, 3.05) is 5.75 Å². The molecule has 164 valence electrons. The highest BCUT2D eigenvalue weighted by Crippen LogP contribution is 2.22. The predicted octanol–water partition coefficient (Wildman–Crippen LogP) is 0.601. The molecule has 0 bridgehead atoms. The van der Waals surface area contributed by atoms with Gasteiger partial charge in [-0.1, -0.05) is 25.6 Å². The molecule has 0 aliphatic carbocycles. The smallest absolute Gasteiger partial charge is 0.332 e. The van der Waals surface area contributed by atoms with Crippen molar-refractivity contribution in [1.82, 2.24) is 30.0 Å². The number of carbonyl (C=O) groups is 2. The van der Waals surface area contributed by atoms with Crippen LogP contribution >= 0.6 is 11.8 Å². The van der Waals surface area contributed by atoms with Gasteiger partial charge >= 0.3 is 11.6 Å². The average Bonchev–Trinajstić information content (AvgIpc) is 3.26. The lowest BCUT2D eigenvalue weighted by molar-refractivity contribution is -0.119. The molecule has 12 heteroatoms. The second-order valence-corrected chi connectivity index (χ2v) is 8.16. The lowest BCUT2D eigenvalue weighted by Crippen LogP contribution is -2.42. The van der Waals surface area contributed by atoms with Crippen molar-refractivity contribution < 1.29 is 14.0 Å². The van der Waals surface area contributed by atoms with E-state index in [2.05, 4.69) is 20.8 Å². The lowest BCUT2D eigenvalue weighted by Gasteiger charge is -2.15. The van der Waals surface area contributed by atoms with Gasteiger partial charge in [0.05, 0.1) is 12.0 Å². The minimum atomic E-state index is -0.599. The highest BCUT2D eigenvalue weighted by atomic mass is 32.2. The van der Waals surface area contributed by atoms with E-state index in [-0.39, 0.29) is 33.5 Å². The molecule has 31 heavy (non-hydrogen) atoms. The molecule has 3 aromatic heterocycles. The fourth-order valence-electron chi connectivity index (χ4n) is 2.84. The first-order valence-corrected chi connectivity index (χ1v) is 10.4. The van der Waals surface area contributed by atoms with E-state index in [9.17, 15) is 19.2 Å². The minimum absolute atomic E-state index is 0.0528. The molecule has 0 aliphatic rings. The standard InChI is InChI=1S/C19H22N6O5S/c1-10(2)8-25-15-14(18(28)24(4)19(25)29)17(21-11(3)20-15)31-9-13(26)22-23-16(27)12-6-5-7-30-12/h5-7,10H,8-9H2,1-4H3,(H,22,26)(H,23,27). The molecule has 0 unspecified atom stereocenters. The third-order valence-electron chi connectivity index (χ3n) is 4.21. The van der Waals surface area contributed by atoms with Gasteiger partial charge in [-0.15, -0.1) is 0 Å². The number of aryl methyl sites for hydroxylation is 1. The number of fused-ring (bicyclic) bond motifs is 1. The largest absolute Gasteiger partial charge is 0.459 e. The van der Waals surface area contributed by atoms with Crippen molar-refractivity contribution in [2.24, 2.45) is 13.0 Å². The van der Waals surface area contributed by atoms with Crippen LogP contribution in [-0.2, 0) is 18.4 Å². The van der Waals surface area contributed by atoms with Crippen LogP contribution in [0.15, 0.2) is 37.4 Å². The minimum Gasteiger partial charge on any atom is -0.459 e. The number of carbonyl (C=O) groups excluding carboxylic acids is 2. The molecule has 0 spiro atoms. The number of hydrogen-bond donors (Lipinski definition) is 2. The highest BCUT2D eigenvalue weighted by molar-refractivity contribution is 8.00. The third-order valence-corrected chi connectivity index (χ3v) is 5.18. The van der Waals surface area contributed by atoms with Gasteiger partial charge in [-0.3, -0.25) is 34.4 Å². The highest BCUT2D eigenvalue weighted by Gasteiger charge is 2.19. The first-order chi connectivity index (χ1) is 14.7. The van der Waals surface area contributed by atoms with Gasteiger partial charge in [0.1, 0.15) is 16.2 Å². The SMILES string of the molecule is Cc1nc(SCC(=O)NNC(=O)c2ccco2)c2c(=O)n(C)c(=O)n(CC(C)C)c2n1. The number of aromatic nitrogens is 4. The summed E-state index contributed by atoms with van der Waals surface area (Å²) in [5, 5.41) is 0.457. The Kier molecular flexibility index (Phi) is 6.59. The van der Waals surface area contributed by atoms with Crippen LogP contribution in [0.2, 0.25) is 0 Å². The zero-order valence-electron chi connectivity index (χ0n) is 17.5. The third kappa shape index (κ3) is 4.85. The number of hydrazine groups is 1. The molecule has 0 aromatic carbocycles. The molecule has 3 rings (SSSR count). The van der Waals surface area contributed by atoms with Gasteiger partial charge in [0.15, 0.2) is 11.4 Å². The molecule has 2 amide bonds. The molecule has 11 nitrogen and oxygen atoms in total. The zero-order valence-corrected chi connectivity index (χ0v) is 18.3. The molecule has 0 saturated carbocycles. The monoisotopic (exact) mass is 446 g/mol. The molecule has 0 fully saturated rings. The van der Waals surface area contributed by atoms with E-state index in [1.807, 2.05) is 13.8 Å².